The number of fused-ring (bicyclic) bond motifs is 9. The molecule has 1 aliphatic rings. The van der Waals surface area contributed by atoms with E-state index < -0.39 is 0 Å². The van der Waals surface area contributed by atoms with Crippen LogP contribution in [0.1, 0.15) is 17.2 Å². The molecule has 1 N–H and O–H groups in total. The Hall–Kier alpha value is -8.34. The van der Waals surface area contributed by atoms with Gasteiger partial charge < -0.3 is 14.3 Å². The smallest absolute Gasteiger partial charge is 0.135 e. The minimum atomic E-state index is -0.0197. The van der Waals surface area contributed by atoms with Gasteiger partial charge in [0.1, 0.15) is 17.0 Å². The first-order chi connectivity index (χ1) is 31.2. The van der Waals surface area contributed by atoms with E-state index in [1.54, 1.807) is 0 Å². The van der Waals surface area contributed by atoms with Crippen LogP contribution >= 0.6 is 0 Å². The minimum Gasteiger partial charge on any atom is -0.456 e. The van der Waals surface area contributed by atoms with E-state index in [4.69, 9.17) is 4.42 Å². The number of hydrogen-bond donors (Lipinski definition) is 1. The normalized spacial score (nSPS) is 14.2. The van der Waals surface area contributed by atoms with Crippen LogP contribution in [-0.2, 0) is 0 Å². The quantitative estimate of drug-likeness (QED) is 0.182. The highest BCUT2D eigenvalue weighted by molar-refractivity contribution is 6.14. The van der Waals surface area contributed by atoms with Crippen LogP contribution in [0.25, 0.3) is 105 Å². The molecule has 0 aliphatic carbocycles. The van der Waals surface area contributed by atoms with Crippen molar-refractivity contribution in [2.75, 3.05) is 0 Å². The number of hydrogen-bond acceptors (Lipinski definition) is 2. The second kappa shape index (κ2) is 14.1. The number of aromatic nitrogens is 2. The van der Waals surface area contributed by atoms with E-state index in [1.165, 1.54) is 60.4 Å². The molecule has 0 saturated carbocycles. The van der Waals surface area contributed by atoms with Crippen molar-refractivity contribution in [2.45, 2.75) is 6.04 Å². The maximum atomic E-state index is 6.23. The zero-order chi connectivity index (χ0) is 41.4. The van der Waals surface area contributed by atoms with Gasteiger partial charge in [0, 0.05) is 38.0 Å². The minimum absolute atomic E-state index is 0.0197. The Morgan fingerprint density at radius 2 is 0.857 bits per heavy atom. The Morgan fingerprint density at radius 1 is 0.365 bits per heavy atom. The molecule has 296 valence electrons. The molecule has 1 aliphatic heterocycles. The van der Waals surface area contributed by atoms with Crippen molar-refractivity contribution < 1.29 is 4.42 Å². The van der Waals surface area contributed by atoms with Crippen molar-refractivity contribution in [1.29, 1.82) is 0 Å². The van der Waals surface area contributed by atoms with E-state index in [1.807, 2.05) is 12.1 Å². The van der Waals surface area contributed by atoms with Crippen molar-refractivity contribution in [3.05, 3.63) is 236 Å². The first-order valence-electron chi connectivity index (χ1n) is 21.6. The summed E-state index contributed by atoms with van der Waals surface area (Å²) in [6, 6.07) is 76.6. The van der Waals surface area contributed by atoms with Gasteiger partial charge in [0.15, 0.2) is 0 Å². The van der Waals surface area contributed by atoms with Gasteiger partial charge in [0.2, 0.25) is 0 Å². The van der Waals surface area contributed by atoms with Crippen LogP contribution in [-0.4, -0.2) is 9.13 Å². The zero-order valence-corrected chi connectivity index (χ0v) is 34.2. The number of nitrogens with zero attached hydrogens (tertiary/aromatic N) is 2. The van der Waals surface area contributed by atoms with E-state index in [-0.39, 0.29) is 6.04 Å². The average Bonchev–Trinajstić information content (AvgIpc) is 4.01. The Bertz CT molecular complexity index is 3810. The third-order valence-corrected chi connectivity index (χ3v) is 12.9. The Balaban J connectivity index is 1.02. The molecule has 4 heterocycles. The fourth-order valence-corrected chi connectivity index (χ4v) is 9.95. The Labute approximate surface area is 363 Å². The van der Waals surface area contributed by atoms with Crippen molar-refractivity contribution >= 4 is 76.9 Å². The number of nitrogens with one attached hydrogen (secondary N) is 1. The lowest BCUT2D eigenvalue weighted by molar-refractivity contribution is 0.669. The van der Waals surface area contributed by atoms with Crippen LogP contribution in [0.3, 0.4) is 0 Å². The van der Waals surface area contributed by atoms with Crippen LogP contribution in [0.4, 0.5) is 0 Å². The molecule has 0 fully saturated rings. The van der Waals surface area contributed by atoms with Gasteiger partial charge in [-0.25, -0.2) is 0 Å². The predicted octanol–water partition coefficient (Wildman–Crippen LogP) is 15.4. The van der Waals surface area contributed by atoms with E-state index in [2.05, 4.69) is 227 Å². The molecule has 63 heavy (non-hydrogen) atoms. The summed E-state index contributed by atoms with van der Waals surface area (Å²) in [6.45, 7) is 0. The maximum absolute atomic E-state index is 6.23. The number of dihydropyridines is 1. The summed E-state index contributed by atoms with van der Waals surface area (Å²) in [5.41, 5.74) is 15.9. The van der Waals surface area contributed by atoms with E-state index in [0.29, 0.717) is 0 Å². The molecule has 1 atom stereocenters. The number of rotatable bonds is 6. The van der Waals surface area contributed by atoms with Crippen LogP contribution in [0.5, 0.6) is 0 Å². The van der Waals surface area contributed by atoms with Gasteiger partial charge in [0.05, 0.1) is 28.1 Å². The molecule has 1 unspecified atom stereocenters. The van der Waals surface area contributed by atoms with Crippen molar-refractivity contribution in [1.82, 2.24) is 14.5 Å². The highest BCUT2D eigenvalue weighted by atomic mass is 16.3. The number of benzene rings is 9. The molecule has 0 amide bonds. The second-order valence-corrected chi connectivity index (χ2v) is 16.6. The van der Waals surface area contributed by atoms with E-state index >= 15 is 0 Å². The van der Waals surface area contributed by atoms with Crippen molar-refractivity contribution in [3.8, 4) is 27.9 Å². The van der Waals surface area contributed by atoms with E-state index in [0.717, 1.165) is 55.6 Å². The lowest BCUT2D eigenvalue weighted by Crippen LogP contribution is -2.24. The Kier molecular flexibility index (Phi) is 7.94. The van der Waals surface area contributed by atoms with Crippen LogP contribution < -0.4 is 5.32 Å². The van der Waals surface area contributed by atoms with Crippen LogP contribution in [0, 0.1) is 0 Å². The molecule has 0 spiro atoms. The molecule has 0 saturated heterocycles. The molecule has 13 rings (SSSR count). The summed E-state index contributed by atoms with van der Waals surface area (Å²) in [6.07, 6.45) is 4.66. The largest absolute Gasteiger partial charge is 0.456 e. The molecular formula is C59H39N3O. The summed E-state index contributed by atoms with van der Waals surface area (Å²) < 4.78 is 11.0. The molecule has 9 aromatic carbocycles. The highest BCUT2D eigenvalue weighted by Gasteiger charge is 2.23. The highest BCUT2D eigenvalue weighted by Crippen LogP contribution is 2.42. The lowest BCUT2D eigenvalue weighted by Gasteiger charge is -2.27. The van der Waals surface area contributed by atoms with Gasteiger partial charge in [-0.1, -0.05) is 140 Å². The maximum Gasteiger partial charge on any atom is 0.135 e. The second-order valence-electron chi connectivity index (χ2n) is 16.6. The summed E-state index contributed by atoms with van der Waals surface area (Å²) >= 11 is 0. The van der Waals surface area contributed by atoms with Crippen molar-refractivity contribution in [3.63, 3.8) is 0 Å². The topological polar surface area (TPSA) is 35.0 Å². The molecule has 3 aromatic heterocycles. The first kappa shape index (κ1) is 35.4. The third kappa shape index (κ3) is 5.76. The number of furan rings is 1. The average molecular weight is 806 g/mol. The van der Waals surface area contributed by atoms with Crippen molar-refractivity contribution in [2.24, 2.45) is 0 Å². The lowest BCUT2D eigenvalue weighted by atomic mass is 9.96. The summed E-state index contributed by atoms with van der Waals surface area (Å²) in [4.78, 5) is 0. The molecule has 12 aromatic rings. The number of para-hydroxylation sites is 3. The SMILES string of the molecule is C1=C(c2ccccc2)C=C(n2c3ccc(-c4ccc5oc6ccccc6c5c4)cc3c3cc(-c4ccc5c(c4)c4ccccc4n5-c4ccccc4)ccc32)NC1c1ccccc1. The van der Waals surface area contributed by atoms with Crippen LogP contribution in [0.2, 0.25) is 0 Å². The fraction of sp³-hybridized carbons (Fsp3) is 0.0169. The van der Waals surface area contributed by atoms with Gasteiger partial charge in [-0.05, 0) is 124 Å². The zero-order valence-electron chi connectivity index (χ0n) is 34.2. The first-order valence-corrected chi connectivity index (χ1v) is 21.6. The van der Waals surface area contributed by atoms with Gasteiger partial charge in [-0.3, -0.25) is 4.57 Å². The van der Waals surface area contributed by atoms with E-state index in [9.17, 15) is 0 Å². The summed E-state index contributed by atoms with van der Waals surface area (Å²) in [5, 5.41) is 11.1. The van der Waals surface area contributed by atoms with Gasteiger partial charge >= 0.3 is 0 Å². The monoisotopic (exact) mass is 805 g/mol. The van der Waals surface area contributed by atoms with Gasteiger partial charge in [0.25, 0.3) is 0 Å². The van der Waals surface area contributed by atoms with Crippen LogP contribution in [0.15, 0.2) is 229 Å². The molecule has 0 bridgehead atoms. The van der Waals surface area contributed by atoms with Gasteiger partial charge in [-0.2, -0.15) is 0 Å². The standard InChI is InChI=1S/C59H39N3O/c1-4-14-38(15-5-1)44-36-52(39-16-6-2-7-17-39)60-59(37-44)62-55-29-25-41(40-24-28-54-48(32-40)46-20-10-12-22-53(46)61(54)45-18-8-3-9-19-45)33-49(55)50-34-42(26-30-56(50)62)43-27-31-58-51(35-43)47-21-11-13-23-57(47)63-58/h1-37,52,60H. The van der Waals surface area contributed by atoms with Gasteiger partial charge in [-0.15, -0.1) is 0 Å². The number of allylic oxidation sites excluding steroid dienone is 2. The summed E-state index contributed by atoms with van der Waals surface area (Å²) in [7, 11) is 0. The Morgan fingerprint density at radius 3 is 1.54 bits per heavy atom. The third-order valence-electron chi connectivity index (χ3n) is 12.9. The molecular weight excluding hydrogens is 767 g/mol. The molecule has 0 radical (unpaired) electrons. The predicted molar refractivity (Wildman–Crippen MR) is 263 cm³/mol. The summed E-state index contributed by atoms with van der Waals surface area (Å²) in [5.74, 6) is 1.03. The fourth-order valence-electron chi connectivity index (χ4n) is 9.95. The molecule has 4 heteroatoms. The molecule has 4 nitrogen and oxygen atoms in total.